The van der Waals surface area contributed by atoms with Gasteiger partial charge in [0.05, 0.1) is 5.52 Å². The highest BCUT2D eigenvalue weighted by Gasteiger charge is 2.23. The van der Waals surface area contributed by atoms with E-state index in [-0.39, 0.29) is 0 Å². The van der Waals surface area contributed by atoms with Crippen LogP contribution in [0.3, 0.4) is 0 Å². The molecule has 2 N–H and O–H groups in total. The van der Waals surface area contributed by atoms with Gasteiger partial charge in [0.25, 0.3) is 0 Å². The molecule has 0 saturated carbocycles. The van der Waals surface area contributed by atoms with Crippen molar-refractivity contribution in [2.45, 2.75) is 12.8 Å². The number of para-hydroxylation sites is 1. The van der Waals surface area contributed by atoms with Gasteiger partial charge in [-0.15, -0.1) is 0 Å². The largest absolute Gasteiger partial charge is 0.341 e. The van der Waals surface area contributed by atoms with Crippen LogP contribution in [0.2, 0.25) is 0 Å². The lowest BCUT2D eigenvalue weighted by atomic mass is 10.1. The van der Waals surface area contributed by atoms with Crippen molar-refractivity contribution in [3.63, 3.8) is 0 Å². The van der Waals surface area contributed by atoms with Crippen LogP contribution in [0.15, 0.2) is 30.5 Å². The molecule has 1 aromatic carbocycles. The second kappa shape index (κ2) is 4.90. The predicted octanol–water partition coefficient (Wildman–Crippen LogP) is 1.80. The summed E-state index contributed by atoms with van der Waals surface area (Å²) in [7, 11) is 0. The monoisotopic (exact) mass is 242 g/mol. The van der Waals surface area contributed by atoms with Gasteiger partial charge < -0.3 is 10.6 Å². The van der Waals surface area contributed by atoms with Gasteiger partial charge in [-0.2, -0.15) is 0 Å². The average molecular weight is 242 g/mol. The van der Waals surface area contributed by atoms with Crippen molar-refractivity contribution in [3.8, 4) is 0 Å². The van der Waals surface area contributed by atoms with Gasteiger partial charge in [0.1, 0.15) is 0 Å². The van der Waals surface area contributed by atoms with Crippen molar-refractivity contribution >= 4 is 16.9 Å². The first kappa shape index (κ1) is 11.4. The molecule has 1 aliphatic heterocycles. The molecule has 0 amide bonds. The number of nitrogens with zero attached hydrogens (tertiary/aromatic N) is 3. The number of benzene rings is 1. The van der Waals surface area contributed by atoms with E-state index in [9.17, 15) is 0 Å². The van der Waals surface area contributed by atoms with Crippen molar-refractivity contribution in [2.24, 2.45) is 11.7 Å². The zero-order valence-corrected chi connectivity index (χ0v) is 10.4. The summed E-state index contributed by atoms with van der Waals surface area (Å²) in [6.07, 6.45) is 4.21. The fourth-order valence-electron chi connectivity index (χ4n) is 2.60. The summed E-state index contributed by atoms with van der Waals surface area (Å²) >= 11 is 0. The molecule has 1 saturated heterocycles. The Labute approximate surface area is 107 Å². The minimum absolute atomic E-state index is 0.699. The summed E-state index contributed by atoms with van der Waals surface area (Å²) in [4.78, 5) is 11.4. The third-order valence-corrected chi connectivity index (χ3v) is 3.62. The van der Waals surface area contributed by atoms with Crippen molar-refractivity contribution in [2.75, 3.05) is 24.5 Å². The minimum Gasteiger partial charge on any atom is -0.341 e. The van der Waals surface area contributed by atoms with Crippen molar-refractivity contribution in [1.82, 2.24) is 9.97 Å². The van der Waals surface area contributed by atoms with E-state index in [1.165, 1.54) is 6.42 Å². The number of hydrogen-bond donors (Lipinski definition) is 1. The summed E-state index contributed by atoms with van der Waals surface area (Å²) < 4.78 is 0. The molecule has 0 spiro atoms. The Bertz CT molecular complexity index is 540. The first-order valence-corrected chi connectivity index (χ1v) is 6.53. The molecule has 2 heterocycles. The first-order valence-electron chi connectivity index (χ1n) is 6.53. The van der Waals surface area contributed by atoms with E-state index in [1.54, 1.807) is 0 Å². The maximum atomic E-state index is 5.62. The molecule has 1 aromatic heterocycles. The Morgan fingerprint density at radius 2 is 2.22 bits per heavy atom. The van der Waals surface area contributed by atoms with Gasteiger partial charge in [-0.25, -0.2) is 9.97 Å². The highest BCUT2D eigenvalue weighted by Crippen LogP contribution is 2.23. The molecule has 0 bridgehead atoms. The van der Waals surface area contributed by atoms with E-state index >= 15 is 0 Å². The molecule has 1 aliphatic rings. The minimum atomic E-state index is 0.699. The predicted molar refractivity (Wildman–Crippen MR) is 73.5 cm³/mol. The van der Waals surface area contributed by atoms with Crippen LogP contribution < -0.4 is 10.6 Å². The molecule has 4 nitrogen and oxygen atoms in total. The normalized spacial score (nSPS) is 19.6. The van der Waals surface area contributed by atoms with Gasteiger partial charge >= 0.3 is 0 Å². The Balaban J connectivity index is 1.82. The summed E-state index contributed by atoms with van der Waals surface area (Å²) in [5, 5.41) is 1.10. The fourth-order valence-corrected chi connectivity index (χ4v) is 2.60. The quantitative estimate of drug-likeness (QED) is 0.891. The molecule has 0 radical (unpaired) electrons. The second-order valence-corrected chi connectivity index (χ2v) is 4.91. The topological polar surface area (TPSA) is 55.0 Å². The molecule has 1 fully saturated rings. The van der Waals surface area contributed by atoms with Gasteiger partial charge in [0.15, 0.2) is 0 Å². The molecule has 3 rings (SSSR count). The van der Waals surface area contributed by atoms with Crippen LogP contribution in [-0.4, -0.2) is 29.6 Å². The van der Waals surface area contributed by atoms with Crippen molar-refractivity contribution < 1.29 is 0 Å². The van der Waals surface area contributed by atoms with Crippen LogP contribution in [0, 0.1) is 5.92 Å². The maximum Gasteiger partial charge on any atom is 0.225 e. The lowest BCUT2D eigenvalue weighted by Gasteiger charge is -2.16. The van der Waals surface area contributed by atoms with Crippen molar-refractivity contribution in [1.29, 1.82) is 0 Å². The molecular weight excluding hydrogens is 224 g/mol. The molecule has 1 atom stereocenters. The molecule has 4 heteroatoms. The Morgan fingerprint density at radius 3 is 3.11 bits per heavy atom. The van der Waals surface area contributed by atoms with Crippen LogP contribution in [0.25, 0.3) is 10.9 Å². The van der Waals surface area contributed by atoms with E-state index < -0.39 is 0 Å². The molecule has 94 valence electrons. The smallest absolute Gasteiger partial charge is 0.225 e. The van der Waals surface area contributed by atoms with E-state index in [1.807, 2.05) is 30.5 Å². The Hall–Kier alpha value is -1.68. The number of rotatable bonds is 3. The Morgan fingerprint density at radius 1 is 1.33 bits per heavy atom. The van der Waals surface area contributed by atoms with Gasteiger partial charge in [-0.1, -0.05) is 18.2 Å². The van der Waals surface area contributed by atoms with E-state index in [0.717, 1.165) is 42.9 Å². The average Bonchev–Trinajstić information content (AvgIpc) is 2.87. The second-order valence-electron chi connectivity index (χ2n) is 4.91. The van der Waals surface area contributed by atoms with E-state index in [4.69, 9.17) is 5.73 Å². The van der Waals surface area contributed by atoms with E-state index in [2.05, 4.69) is 14.9 Å². The molecule has 1 unspecified atom stereocenters. The standard InChI is InChI=1S/C14H18N4/c15-7-5-11-6-8-18(10-11)14-16-9-12-3-1-2-4-13(12)17-14/h1-4,9,11H,5-8,10,15H2. The van der Waals surface area contributed by atoms with Crippen LogP contribution >= 0.6 is 0 Å². The van der Waals surface area contributed by atoms with E-state index in [0.29, 0.717) is 5.92 Å². The number of fused-ring (bicyclic) bond motifs is 1. The molecule has 2 aromatic rings. The van der Waals surface area contributed by atoms with Crippen LogP contribution in [0.4, 0.5) is 5.95 Å². The van der Waals surface area contributed by atoms with Crippen LogP contribution in [-0.2, 0) is 0 Å². The van der Waals surface area contributed by atoms with Crippen LogP contribution in [0.1, 0.15) is 12.8 Å². The molecule has 0 aliphatic carbocycles. The van der Waals surface area contributed by atoms with Gasteiger partial charge in [-0.3, -0.25) is 0 Å². The SMILES string of the molecule is NCCC1CCN(c2ncc3ccccc3n2)C1. The number of nitrogens with two attached hydrogens (primary N) is 1. The lowest BCUT2D eigenvalue weighted by Crippen LogP contribution is -2.22. The number of hydrogen-bond acceptors (Lipinski definition) is 4. The molecular formula is C14H18N4. The first-order chi connectivity index (χ1) is 8.86. The Kier molecular flexibility index (Phi) is 3.11. The van der Waals surface area contributed by atoms with Gasteiger partial charge in [0, 0.05) is 24.7 Å². The van der Waals surface area contributed by atoms with Crippen molar-refractivity contribution in [3.05, 3.63) is 30.5 Å². The zero-order chi connectivity index (χ0) is 12.4. The zero-order valence-electron chi connectivity index (χ0n) is 10.4. The summed E-state index contributed by atoms with van der Waals surface area (Å²) in [5.74, 6) is 1.55. The summed E-state index contributed by atoms with van der Waals surface area (Å²) in [6, 6.07) is 8.10. The van der Waals surface area contributed by atoms with Gasteiger partial charge in [0.2, 0.25) is 5.95 Å². The lowest BCUT2D eigenvalue weighted by molar-refractivity contribution is 0.545. The highest BCUT2D eigenvalue weighted by molar-refractivity contribution is 5.78. The van der Waals surface area contributed by atoms with Gasteiger partial charge in [-0.05, 0) is 31.4 Å². The molecule has 18 heavy (non-hydrogen) atoms. The summed E-state index contributed by atoms with van der Waals surface area (Å²) in [6.45, 7) is 2.86. The maximum absolute atomic E-state index is 5.62. The third kappa shape index (κ3) is 2.16. The van der Waals surface area contributed by atoms with Crippen LogP contribution in [0.5, 0.6) is 0 Å². The third-order valence-electron chi connectivity index (χ3n) is 3.62. The fraction of sp³-hybridized carbons (Fsp3) is 0.429. The number of aromatic nitrogens is 2. The summed E-state index contributed by atoms with van der Waals surface area (Å²) in [5.41, 5.74) is 6.64. The number of anilines is 1. The highest BCUT2D eigenvalue weighted by atomic mass is 15.3.